The maximum absolute atomic E-state index is 13.3. The summed E-state index contributed by atoms with van der Waals surface area (Å²) in [5.41, 5.74) is 7.69. The molecule has 10 heteroatoms. The molecule has 8 nitrogen and oxygen atoms in total. The second-order valence-electron chi connectivity index (χ2n) is 8.47. The van der Waals surface area contributed by atoms with E-state index >= 15 is 0 Å². The summed E-state index contributed by atoms with van der Waals surface area (Å²) in [7, 11) is 1.73. The normalized spacial score (nSPS) is 25.1. The van der Waals surface area contributed by atoms with Gasteiger partial charge in [-0.3, -0.25) is 19.1 Å². The average molecular weight is 462 g/mol. The molecular weight excluding hydrogens is 429 g/mol. The fraction of sp³-hybridized carbons (Fsp3) is 0.750. The van der Waals surface area contributed by atoms with Crippen LogP contribution in [0.4, 0.5) is 0 Å². The Hall–Kier alpha value is -1.19. The molecule has 0 saturated carbocycles. The Labute approximate surface area is 190 Å². The van der Waals surface area contributed by atoms with Crippen LogP contribution < -0.4 is 11.3 Å². The molecule has 1 aromatic rings. The Morgan fingerprint density at radius 2 is 1.80 bits per heavy atom. The van der Waals surface area contributed by atoms with E-state index < -0.39 is 0 Å². The van der Waals surface area contributed by atoms with Gasteiger partial charge in [0.2, 0.25) is 5.91 Å². The standard InChI is InChI=1S/C20H31N5O3.2ClH/c1-13-22-18-12-25(11-17(18)20(27)23(13)2)19(26)14-3-4-15(21)10-24(9-14)16-5-7-28-8-6-16;;/h14-16H,3-12,21H2,1-2H3;2*1H/t14-,15+;;/m1../s1. The molecule has 4 heterocycles. The molecule has 2 saturated heterocycles. The summed E-state index contributed by atoms with van der Waals surface area (Å²) in [6, 6.07) is 0.550. The van der Waals surface area contributed by atoms with Gasteiger partial charge in [-0.15, -0.1) is 24.8 Å². The molecule has 3 aliphatic heterocycles. The quantitative estimate of drug-likeness (QED) is 0.705. The number of rotatable bonds is 2. The molecule has 3 aliphatic rings. The smallest absolute Gasteiger partial charge is 0.258 e. The average Bonchev–Trinajstić information content (AvgIpc) is 3.02. The lowest BCUT2D eigenvalue weighted by Gasteiger charge is -2.36. The Bertz CT molecular complexity index is 812. The Balaban J connectivity index is 0.00000160. The number of carbonyl (C=O) groups excluding carboxylic acids is 1. The third-order valence-corrected chi connectivity index (χ3v) is 6.56. The lowest BCUT2D eigenvalue weighted by atomic mass is 10.00. The van der Waals surface area contributed by atoms with Gasteiger partial charge >= 0.3 is 0 Å². The molecule has 4 rings (SSSR count). The van der Waals surface area contributed by atoms with Crippen molar-refractivity contribution in [3.8, 4) is 0 Å². The van der Waals surface area contributed by atoms with Crippen molar-refractivity contribution in [1.29, 1.82) is 0 Å². The van der Waals surface area contributed by atoms with E-state index in [1.54, 1.807) is 11.6 Å². The molecule has 2 N–H and O–H groups in total. The molecule has 0 unspecified atom stereocenters. The zero-order valence-electron chi connectivity index (χ0n) is 17.7. The maximum Gasteiger partial charge on any atom is 0.258 e. The van der Waals surface area contributed by atoms with Crippen LogP contribution in [0.1, 0.15) is 42.8 Å². The Kier molecular flexibility index (Phi) is 8.70. The van der Waals surface area contributed by atoms with Gasteiger partial charge < -0.3 is 15.4 Å². The third kappa shape index (κ3) is 4.99. The largest absolute Gasteiger partial charge is 0.381 e. The number of halogens is 2. The fourth-order valence-electron chi connectivity index (χ4n) is 4.75. The number of fused-ring (bicyclic) bond motifs is 1. The van der Waals surface area contributed by atoms with Crippen LogP contribution in [0.15, 0.2) is 4.79 Å². The number of amides is 1. The van der Waals surface area contributed by atoms with Crippen molar-refractivity contribution in [2.75, 3.05) is 26.3 Å². The van der Waals surface area contributed by atoms with E-state index in [-0.39, 0.29) is 48.2 Å². The first kappa shape index (κ1) is 25.1. The van der Waals surface area contributed by atoms with Crippen molar-refractivity contribution < 1.29 is 9.53 Å². The van der Waals surface area contributed by atoms with E-state index in [4.69, 9.17) is 10.5 Å². The van der Waals surface area contributed by atoms with Gasteiger partial charge in [0.15, 0.2) is 0 Å². The second-order valence-corrected chi connectivity index (χ2v) is 8.47. The first-order chi connectivity index (χ1) is 13.4. The maximum atomic E-state index is 13.3. The van der Waals surface area contributed by atoms with Crippen molar-refractivity contribution in [3.05, 3.63) is 27.4 Å². The molecule has 170 valence electrons. The first-order valence-electron chi connectivity index (χ1n) is 10.4. The zero-order chi connectivity index (χ0) is 19.8. The lowest BCUT2D eigenvalue weighted by Crippen LogP contribution is -2.47. The monoisotopic (exact) mass is 461 g/mol. The minimum absolute atomic E-state index is 0. The fourth-order valence-corrected chi connectivity index (χ4v) is 4.75. The molecule has 1 amide bonds. The van der Waals surface area contributed by atoms with Gasteiger partial charge in [-0.1, -0.05) is 0 Å². The summed E-state index contributed by atoms with van der Waals surface area (Å²) in [6.07, 6.45) is 3.66. The first-order valence-corrected chi connectivity index (χ1v) is 10.4. The van der Waals surface area contributed by atoms with Crippen molar-refractivity contribution in [3.63, 3.8) is 0 Å². The third-order valence-electron chi connectivity index (χ3n) is 6.56. The van der Waals surface area contributed by atoms with Crippen molar-refractivity contribution in [1.82, 2.24) is 19.4 Å². The molecule has 2 fully saturated rings. The van der Waals surface area contributed by atoms with E-state index in [0.717, 1.165) is 57.7 Å². The molecule has 30 heavy (non-hydrogen) atoms. The minimum Gasteiger partial charge on any atom is -0.381 e. The van der Waals surface area contributed by atoms with Crippen LogP contribution in [0.3, 0.4) is 0 Å². The van der Waals surface area contributed by atoms with Gasteiger partial charge in [-0.25, -0.2) is 4.98 Å². The number of hydrogen-bond acceptors (Lipinski definition) is 6. The van der Waals surface area contributed by atoms with E-state index in [0.29, 0.717) is 30.5 Å². The number of nitrogens with two attached hydrogens (primary N) is 1. The van der Waals surface area contributed by atoms with Crippen LogP contribution in [0.5, 0.6) is 0 Å². The van der Waals surface area contributed by atoms with Gasteiger partial charge in [0.1, 0.15) is 5.82 Å². The van der Waals surface area contributed by atoms with E-state index in [2.05, 4.69) is 9.88 Å². The van der Waals surface area contributed by atoms with Crippen LogP contribution in [0.2, 0.25) is 0 Å². The topological polar surface area (TPSA) is 93.7 Å². The van der Waals surface area contributed by atoms with Gasteiger partial charge in [-0.2, -0.15) is 0 Å². The van der Waals surface area contributed by atoms with Crippen LogP contribution in [-0.2, 0) is 29.7 Å². The molecule has 0 spiro atoms. The highest BCUT2D eigenvalue weighted by Gasteiger charge is 2.36. The summed E-state index contributed by atoms with van der Waals surface area (Å²) >= 11 is 0. The van der Waals surface area contributed by atoms with Gasteiger partial charge in [0, 0.05) is 45.4 Å². The molecule has 0 radical (unpaired) electrons. The predicted molar refractivity (Wildman–Crippen MR) is 119 cm³/mol. The SMILES string of the molecule is Cc1nc2c(c(=O)n1C)CN(C(=O)[C@@H]1CC[C@H](N)CN(C3CCOCC3)C1)C2.Cl.Cl. The number of aromatic nitrogens is 2. The summed E-state index contributed by atoms with van der Waals surface area (Å²) in [4.78, 5) is 34.6. The van der Waals surface area contributed by atoms with Crippen molar-refractivity contribution in [2.45, 2.75) is 57.8 Å². The molecule has 0 aromatic carbocycles. The van der Waals surface area contributed by atoms with Gasteiger partial charge in [0.05, 0.1) is 30.3 Å². The predicted octanol–water partition coefficient (Wildman–Crippen LogP) is 0.993. The Morgan fingerprint density at radius 3 is 2.50 bits per heavy atom. The van der Waals surface area contributed by atoms with E-state index in [1.807, 2.05) is 11.8 Å². The zero-order valence-corrected chi connectivity index (χ0v) is 19.3. The number of ether oxygens (including phenoxy) is 1. The molecule has 1 aromatic heterocycles. The number of aryl methyl sites for hydroxylation is 1. The summed E-state index contributed by atoms with van der Waals surface area (Å²) in [5.74, 6) is 0.740. The number of carbonyl (C=O) groups is 1. The minimum atomic E-state index is -0.0735. The number of hydrogen-bond donors (Lipinski definition) is 1. The highest BCUT2D eigenvalue weighted by atomic mass is 35.5. The molecule has 0 bridgehead atoms. The van der Waals surface area contributed by atoms with Crippen LogP contribution >= 0.6 is 24.8 Å². The van der Waals surface area contributed by atoms with Crippen LogP contribution in [-0.4, -0.2) is 63.6 Å². The molecule has 2 atom stereocenters. The van der Waals surface area contributed by atoms with Crippen molar-refractivity contribution in [2.24, 2.45) is 18.7 Å². The summed E-state index contributed by atoms with van der Waals surface area (Å²) in [6.45, 7) is 5.78. The van der Waals surface area contributed by atoms with Crippen LogP contribution in [0, 0.1) is 12.8 Å². The second kappa shape index (κ2) is 10.4. The molecular formula is C20H33Cl2N5O3. The summed E-state index contributed by atoms with van der Waals surface area (Å²) in [5, 5.41) is 0. The molecule has 0 aliphatic carbocycles. The van der Waals surface area contributed by atoms with Crippen molar-refractivity contribution >= 4 is 30.7 Å². The number of nitrogens with zero attached hydrogens (tertiary/aromatic N) is 4. The van der Waals surface area contributed by atoms with Gasteiger partial charge in [-0.05, 0) is 32.6 Å². The lowest BCUT2D eigenvalue weighted by molar-refractivity contribution is -0.137. The summed E-state index contributed by atoms with van der Waals surface area (Å²) < 4.78 is 7.06. The van der Waals surface area contributed by atoms with Crippen LogP contribution in [0.25, 0.3) is 0 Å². The van der Waals surface area contributed by atoms with E-state index in [1.165, 1.54) is 0 Å². The highest BCUT2D eigenvalue weighted by molar-refractivity contribution is 5.85. The van der Waals surface area contributed by atoms with Gasteiger partial charge in [0.25, 0.3) is 5.56 Å². The number of likely N-dealkylation sites (tertiary alicyclic amines) is 1. The van der Waals surface area contributed by atoms with E-state index in [9.17, 15) is 9.59 Å². The Morgan fingerprint density at radius 1 is 1.10 bits per heavy atom. The highest BCUT2D eigenvalue weighted by Crippen LogP contribution is 2.27.